The van der Waals surface area contributed by atoms with Crippen molar-refractivity contribution in [3.63, 3.8) is 0 Å². The molecule has 0 saturated carbocycles. The van der Waals surface area contributed by atoms with Crippen LogP contribution in [0.25, 0.3) is 10.8 Å². The summed E-state index contributed by atoms with van der Waals surface area (Å²) in [5.41, 5.74) is 0. The largest absolute Gasteiger partial charge is 0.462 e. The molecule has 1 atom stereocenters. The first-order chi connectivity index (χ1) is 15.4. The predicted octanol–water partition coefficient (Wildman–Crippen LogP) is 0.849. The number of aromatic nitrogens is 2. The van der Waals surface area contributed by atoms with Gasteiger partial charge in [0.15, 0.2) is 17.3 Å². The first kappa shape index (κ1) is 20.5. The van der Waals surface area contributed by atoms with E-state index in [9.17, 15) is 14.4 Å². The molecule has 0 N–H and O–H groups in total. The van der Waals surface area contributed by atoms with Crippen LogP contribution in [0.15, 0.2) is 27.8 Å². The van der Waals surface area contributed by atoms with Crippen LogP contribution in [0.1, 0.15) is 23.8 Å². The minimum absolute atomic E-state index is 0.0331. The summed E-state index contributed by atoms with van der Waals surface area (Å²) in [5.74, 6) is 0.866. The predicted molar refractivity (Wildman–Crippen MR) is 115 cm³/mol. The van der Waals surface area contributed by atoms with Gasteiger partial charge in [0.1, 0.15) is 5.01 Å². The highest BCUT2D eigenvalue weighted by Crippen LogP contribution is 2.33. The number of likely N-dealkylation sites (tertiary alicyclic amines) is 1. The van der Waals surface area contributed by atoms with Gasteiger partial charge in [-0.2, -0.15) is 0 Å². The third-order valence-corrected chi connectivity index (χ3v) is 7.18. The number of rotatable bonds is 4. The average molecular weight is 457 g/mol. The number of piperidine rings is 1. The molecule has 2 aromatic rings. The second-order valence-corrected chi connectivity index (χ2v) is 9.00. The highest BCUT2D eigenvalue weighted by molar-refractivity contribution is 7.14. The molecule has 3 aliphatic heterocycles. The zero-order valence-corrected chi connectivity index (χ0v) is 18.5. The third kappa shape index (κ3) is 3.40. The van der Waals surface area contributed by atoms with Gasteiger partial charge in [-0.3, -0.25) is 19.4 Å². The van der Waals surface area contributed by atoms with Gasteiger partial charge >= 0.3 is 6.03 Å². The summed E-state index contributed by atoms with van der Waals surface area (Å²) in [7, 11) is 3.01. The fourth-order valence-electron chi connectivity index (χ4n) is 4.21. The average Bonchev–Trinajstić information content (AvgIpc) is 3.57. The number of carbonyl (C=O) groups excluding carboxylic acids is 3. The molecule has 0 aromatic carbocycles. The summed E-state index contributed by atoms with van der Waals surface area (Å²) in [4.78, 5) is 46.1. The zero-order valence-electron chi connectivity index (χ0n) is 17.7. The van der Waals surface area contributed by atoms with Crippen molar-refractivity contribution in [2.24, 2.45) is 4.99 Å². The van der Waals surface area contributed by atoms with Crippen molar-refractivity contribution in [1.82, 2.24) is 24.9 Å². The Morgan fingerprint density at radius 1 is 1.22 bits per heavy atom. The van der Waals surface area contributed by atoms with Gasteiger partial charge in [-0.05, 0) is 30.0 Å². The van der Waals surface area contributed by atoms with Crippen molar-refractivity contribution in [3.8, 4) is 10.8 Å². The topological polar surface area (TPSA) is 115 Å². The number of amidine groups is 1. The third-order valence-electron chi connectivity index (χ3n) is 6.08. The fraction of sp³-hybridized carbons (Fsp3) is 0.450. The summed E-state index contributed by atoms with van der Waals surface area (Å²) < 4.78 is 6.99. The van der Waals surface area contributed by atoms with Crippen molar-refractivity contribution in [2.75, 3.05) is 33.7 Å². The molecule has 12 heteroatoms. The van der Waals surface area contributed by atoms with Crippen LogP contribution in [0.2, 0.25) is 0 Å². The van der Waals surface area contributed by atoms with Gasteiger partial charge in [-0.25, -0.2) is 9.37 Å². The number of imide groups is 1. The second-order valence-electron chi connectivity index (χ2n) is 7.99. The summed E-state index contributed by atoms with van der Waals surface area (Å²) in [6.45, 7) is 1.25. The SMILES string of the molecule is CN1C(=O)C2C(=NC=[N+]2CC(=O)N2CCC(c3nnc(-c4ccco4)s3)CC2)N(C)C1=O. The Balaban J connectivity index is 1.19. The molecule has 4 amide bonds. The van der Waals surface area contributed by atoms with Gasteiger partial charge in [0.05, 0.1) is 6.26 Å². The zero-order chi connectivity index (χ0) is 22.4. The van der Waals surface area contributed by atoms with Crippen LogP contribution < -0.4 is 0 Å². The van der Waals surface area contributed by atoms with E-state index in [-0.39, 0.29) is 24.3 Å². The Morgan fingerprint density at radius 2 is 2.00 bits per heavy atom. The Hall–Kier alpha value is -3.41. The van der Waals surface area contributed by atoms with Crippen LogP contribution in [0.5, 0.6) is 0 Å². The Labute approximate surface area is 187 Å². The molecule has 5 rings (SSSR count). The molecule has 5 heterocycles. The fourth-order valence-corrected chi connectivity index (χ4v) is 5.19. The molecule has 0 spiro atoms. The highest BCUT2D eigenvalue weighted by atomic mass is 32.1. The maximum Gasteiger partial charge on any atom is 0.333 e. The van der Waals surface area contributed by atoms with E-state index in [4.69, 9.17) is 4.42 Å². The van der Waals surface area contributed by atoms with E-state index in [1.807, 2.05) is 17.0 Å². The van der Waals surface area contributed by atoms with Gasteiger partial charge in [0.25, 0.3) is 30.0 Å². The summed E-state index contributed by atoms with van der Waals surface area (Å²) in [6, 6.07) is 2.51. The lowest BCUT2D eigenvalue weighted by molar-refractivity contribution is -0.520. The number of nitrogens with zero attached hydrogens (tertiary/aromatic N) is 7. The maximum atomic E-state index is 12.9. The molecule has 2 saturated heterocycles. The van der Waals surface area contributed by atoms with Gasteiger partial charge in [-0.15, -0.1) is 10.2 Å². The number of furan rings is 1. The van der Waals surface area contributed by atoms with E-state index < -0.39 is 12.1 Å². The van der Waals surface area contributed by atoms with Gasteiger partial charge in [-0.1, -0.05) is 11.3 Å². The first-order valence-corrected chi connectivity index (χ1v) is 11.1. The lowest BCUT2D eigenvalue weighted by Crippen LogP contribution is -2.62. The van der Waals surface area contributed by atoms with Crippen LogP contribution in [0.3, 0.4) is 0 Å². The molecule has 32 heavy (non-hydrogen) atoms. The maximum absolute atomic E-state index is 12.9. The van der Waals surface area contributed by atoms with Crippen LogP contribution in [-0.2, 0) is 9.59 Å². The van der Waals surface area contributed by atoms with Crippen LogP contribution in [0, 0.1) is 0 Å². The summed E-state index contributed by atoms with van der Waals surface area (Å²) in [6.07, 6.45) is 4.68. The molecule has 1 unspecified atom stereocenters. The lowest BCUT2D eigenvalue weighted by atomic mass is 9.97. The first-order valence-electron chi connectivity index (χ1n) is 10.3. The number of carbonyl (C=O) groups is 3. The van der Waals surface area contributed by atoms with E-state index >= 15 is 0 Å². The van der Waals surface area contributed by atoms with E-state index in [2.05, 4.69) is 15.2 Å². The van der Waals surface area contributed by atoms with Crippen molar-refractivity contribution in [1.29, 1.82) is 0 Å². The quantitative estimate of drug-likeness (QED) is 0.630. The Kier molecular flexibility index (Phi) is 5.08. The Bertz CT molecular complexity index is 1130. The van der Waals surface area contributed by atoms with Crippen molar-refractivity contribution >= 4 is 41.4 Å². The number of hydrogen-bond acceptors (Lipinski definition) is 8. The molecule has 11 nitrogen and oxygen atoms in total. The second kappa shape index (κ2) is 7.93. The van der Waals surface area contributed by atoms with Crippen LogP contribution in [0.4, 0.5) is 4.79 Å². The molecular formula is C20H22N7O4S+. The van der Waals surface area contributed by atoms with Crippen LogP contribution in [-0.4, -0.2) is 99.3 Å². The molecule has 3 aliphatic rings. The van der Waals surface area contributed by atoms with Crippen molar-refractivity contribution in [2.45, 2.75) is 24.8 Å². The van der Waals surface area contributed by atoms with Gasteiger partial charge in [0.2, 0.25) is 0 Å². The highest BCUT2D eigenvalue weighted by Gasteiger charge is 2.51. The number of hydrogen-bond donors (Lipinski definition) is 0. The number of fused-ring (bicyclic) bond motifs is 1. The van der Waals surface area contributed by atoms with Crippen molar-refractivity contribution in [3.05, 3.63) is 23.4 Å². The van der Waals surface area contributed by atoms with Crippen molar-refractivity contribution < 1.29 is 23.4 Å². The standard InChI is InChI=1S/C20H22N7O4S/c1-24-16-15(19(29)25(2)20(24)30)27(11-21-16)10-14(28)26-7-5-12(6-8-26)17-22-23-18(32-17)13-4-3-9-31-13/h3-4,9,11-12,15H,5-8,10H2,1-2H3/q+1. The van der Waals surface area contributed by atoms with E-state index in [0.29, 0.717) is 24.7 Å². The molecule has 166 valence electrons. The number of aliphatic imine (C=N–C) groups is 1. The molecule has 2 fully saturated rings. The lowest BCUT2D eigenvalue weighted by Gasteiger charge is -2.32. The summed E-state index contributed by atoms with van der Waals surface area (Å²) >= 11 is 1.52. The van der Waals surface area contributed by atoms with E-state index in [1.54, 1.807) is 17.9 Å². The molecule has 0 aliphatic carbocycles. The number of likely N-dealkylation sites (N-methyl/N-ethyl adjacent to an activating group) is 2. The minimum atomic E-state index is -0.745. The normalized spacial score (nSPS) is 21.7. The minimum Gasteiger partial charge on any atom is -0.462 e. The Morgan fingerprint density at radius 3 is 2.72 bits per heavy atom. The van der Waals surface area contributed by atoms with Gasteiger partial charge < -0.3 is 9.32 Å². The van der Waals surface area contributed by atoms with E-state index in [0.717, 1.165) is 27.8 Å². The van der Waals surface area contributed by atoms with Gasteiger partial charge in [0, 0.05) is 33.1 Å². The molecule has 0 radical (unpaired) electrons. The molecular weight excluding hydrogens is 434 g/mol. The molecule has 2 aromatic heterocycles. The number of amides is 4. The smallest absolute Gasteiger partial charge is 0.333 e. The summed E-state index contributed by atoms with van der Waals surface area (Å²) in [5, 5.41) is 10.3. The van der Waals surface area contributed by atoms with Crippen LogP contribution >= 0.6 is 11.3 Å². The monoisotopic (exact) mass is 456 g/mol. The van der Waals surface area contributed by atoms with E-state index in [1.165, 1.54) is 29.6 Å². The molecule has 0 bridgehead atoms. The number of urea groups is 1.